The lowest BCUT2D eigenvalue weighted by molar-refractivity contribution is -0.384. The maximum atomic E-state index is 12.1. The van der Waals surface area contributed by atoms with Gasteiger partial charge in [-0.3, -0.25) is 14.9 Å². The molecule has 0 radical (unpaired) electrons. The summed E-state index contributed by atoms with van der Waals surface area (Å²) >= 11 is 2.00. The summed E-state index contributed by atoms with van der Waals surface area (Å²) in [6.07, 6.45) is 3.15. The molecular weight excluding hydrogens is 375 g/mol. The van der Waals surface area contributed by atoms with Crippen molar-refractivity contribution >= 4 is 34.2 Å². The molecule has 0 saturated carbocycles. The van der Waals surface area contributed by atoms with E-state index in [1.54, 1.807) is 6.07 Å². The van der Waals surface area contributed by atoms with Crippen LogP contribution in [-0.2, 0) is 4.74 Å². The van der Waals surface area contributed by atoms with Crippen LogP contribution in [0.5, 0.6) is 0 Å². The molecule has 1 saturated heterocycles. The van der Waals surface area contributed by atoms with E-state index < -0.39 is 4.92 Å². The van der Waals surface area contributed by atoms with E-state index in [1.807, 2.05) is 22.6 Å². The van der Waals surface area contributed by atoms with Crippen LogP contribution in [0.1, 0.15) is 29.6 Å². The number of carbonyl (C=O) groups is 1. The zero-order chi connectivity index (χ0) is 14.5. The van der Waals surface area contributed by atoms with E-state index in [9.17, 15) is 14.9 Å². The first-order chi connectivity index (χ1) is 9.58. The summed E-state index contributed by atoms with van der Waals surface area (Å²) in [6, 6.07) is 4.27. The van der Waals surface area contributed by atoms with Gasteiger partial charge in [0.15, 0.2) is 0 Å². The van der Waals surface area contributed by atoms with Crippen molar-refractivity contribution in [3.05, 3.63) is 37.4 Å². The number of halogens is 1. The molecule has 20 heavy (non-hydrogen) atoms. The van der Waals surface area contributed by atoms with E-state index in [2.05, 4.69) is 5.32 Å². The molecule has 1 aliphatic rings. The molecule has 1 unspecified atom stereocenters. The maximum absolute atomic E-state index is 12.1. The minimum atomic E-state index is -0.503. The molecule has 0 spiro atoms. The van der Waals surface area contributed by atoms with Gasteiger partial charge in [0, 0.05) is 28.9 Å². The van der Waals surface area contributed by atoms with Crippen LogP contribution in [0, 0.1) is 13.7 Å². The predicted octanol–water partition coefficient (Wildman–Crippen LogP) is 2.50. The van der Waals surface area contributed by atoms with E-state index in [0.717, 1.165) is 25.9 Å². The van der Waals surface area contributed by atoms with Crippen LogP contribution in [0.25, 0.3) is 0 Å². The van der Waals surface area contributed by atoms with Crippen LogP contribution in [0.15, 0.2) is 18.2 Å². The van der Waals surface area contributed by atoms with Crippen LogP contribution >= 0.6 is 22.6 Å². The average Bonchev–Trinajstić information content (AvgIpc) is 2.46. The van der Waals surface area contributed by atoms with E-state index in [4.69, 9.17) is 4.74 Å². The van der Waals surface area contributed by atoms with Gasteiger partial charge in [-0.05, 0) is 47.9 Å². The third-order valence-electron chi connectivity index (χ3n) is 3.17. The lowest BCUT2D eigenvalue weighted by Gasteiger charge is -2.22. The molecule has 6 nitrogen and oxygen atoms in total. The number of nitrogens with zero attached hydrogens (tertiary/aromatic N) is 1. The highest BCUT2D eigenvalue weighted by Gasteiger charge is 2.18. The molecule has 1 fully saturated rings. The third-order valence-corrected chi connectivity index (χ3v) is 4.11. The van der Waals surface area contributed by atoms with Gasteiger partial charge in [0.1, 0.15) is 0 Å². The molecule has 1 aromatic rings. The molecule has 1 atom stereocenters. The second kappa shape index (κ2) is 6.98. The largest absolute Gasteiger partial charge is 0.376 e. The Kier molecular flexibility index (Phi) is 5.30. The molecule has 1 aromatic carbocycles. The summed E-state index contributed by atoms with van der Waals surface area (Å²) in [6.45, 7) is 1.17. The number of hydrogen-bond acceptors (Lipinski definition) is 4. The first-order valence-corrected chi connectivity index (χ1v) is 7.49. The molecule has 7 heteroatoms. The van der Waals surface area contributed by atoms with Gasteiger partial charge in [-0.1, -0.05) is 0 Å². The van der Waals surface area contributed by atoms with E-state index in [-0.39, 0.29) is 17.7 Å². The molecule has 2 rings (SSSR count). The molecule has 108 valence electrons. The van der Waals surface area contributed by atoms with Crippen molar-refractivity contribution in [3.63, 3.8) is 0 Å². The lowest BCUT2D eigenvalue weighted by atomic mass is 10.1. The summed E-state index contributed by atoms with van der Waals surface area (Å²) in [5.74, 6) is -0.299. The fraction of sp³-hybridized carbons (Fsp3) is 0.462. The smallest absolute Gasteiger partial charge is 0.270 e. The zero-order valence-electron chi connectivity index (χ0n) is 10.8. The minimum Gasteiger partial charge on any atom is -0.376 e. The van der Waals surface area contributed by atoms with Gasteiger partial charge in [0.25, 0.3) is 11.6 Å². The molecular formula is C13H15IN2O4. The Hall–Kier alpha value is -1.22. The number of hydrogen-bond donors (Lipinski definition) is 1. The number of ether oxygens (including phenoxy) is 1. The van der Waals surface area contributed by atoms with Crippen molar-refractivity contribution in [2.24, 2.45) is 0 Å². The number of carbonyl (C=O) groups excluding carboxylic acids is 1. The fourth-order valence-corrected chi connectivity index (χ4v) is 2.65. The quantitative estimate of drug-likeness (QED) is 0.487. The SMILES string of the molecule is O=C(NCC1CCCCO1)c1cc([N+](=O)[O-])ccc1I. The number of benzene rings is 1. The molecule has 1 amide bonds. The molecule has 0 aliphatic carbocycles. The highest BCUT2D eigenvalue weighted by atomic mass is 127. The Morgan fingerprint density at radius 2 is 2.30 bits per heavy atom. The van der Waals surface area contributed by atoms with Gasteiger partial charge in [0.2, 0.25) is 0 Å². The lowest BCUT2D eigenvalue weighted by Crippen LogP contribution is -2.35. The number of non-ortho nitro benzene ring substituents is 1. The van der Waals surface area contributed by atoms with Crippen LogP contribution in [0.3, 0.4) is 0 Å². The van der Waals surface area contributed by atoms with E-state index in [0.29, 0.717) is 15.7 Å². The molecule has 1 aliphatic heterocycles. The van der Waals surface area contributed by atoms with E-state index >= 15 is 0 Å². The number of nitro benzene ring substituents is 1. The molecule has 0 bridgehead atoms. The van der Waals surface area contributed by atoms with E-state index in [1.165, 1.54) is 12.1 Å². The van der Waals surface area contributed by atoms with Crippen LogP contribution in [0.2, 0.25) is 0 Å². The van der Waals surface area contributed by atoms with Gasteiger partial charge in [0.05, 0.1) is 16.6 Å². The summed E-state index contributed by atoms with van der Waals surface area (Å²) in [4.78, 5) is 22.3. The third kappa shape index (κ3) is 3.89. The van der Waals surface area contributed by atoms with Crippen LogP contribution in [-0.4, -0.2) is 30.1 Å². The first kappa shape index (κ1) is 15.2. The minimum absolute atomic E-state index is 0.0454. The standard InChI is InChI=1S/C13H15IN2O4/c14-12-5-4-9(16(18)19)7-11(12)13(17)15-8-10-3-1-2-6-20-10/h4-5,7,10H,1-3,6,8H2,(H,15,17). The number of rotatable bonds is 4. The van der Waals surface area contributed by atoms with Crippen molar-refractivity contribution < 1.29 is 14.5 Å². The Bertz CT molecular complexity index is 515. The Balaban J connectivity index is 2.00. The molecule has 1 N–H and O–H groups in total. The van der Waals surface area contributed by atoms with Crippen LogP contribution in [0.4, 0.5) is 5.69 Å². The molecule has 1 heterocycles. The number of amides is 1. The second-order valence-electron chi connectivity index (χ2n) is 4.62. The van der Waals surface area contributed by atoms with Crippen molar-refractivity contribution in [1.29, 1.82) is 0 Å². The van der Waals surface area contributed by atoms with Crippen LogP contribution < -0.4 is 5.32 Å². The Morgan fingerprint density at radius 1 is 1.50 bits per heavy atom. The number of nitro groups is 1. The predicted molar refractivity (Wildman–Crippen MR) is 81.7 cm³/mol. The monoisotopic (exact) mass is 390 g/mol. The molecule has 0 aromatic heterocycles. The fourth-order valence-electron chi connectivity index (χ4n) is 2.07. The number of nitrogens with one attached hydrogen (secondary N) is 1. The highest BCUT2D eigenvalue weighted by molar-refractivity contribution is 14.1. The summed E-state index contributed by atoms with van der Waals surface area (Å²) < 4.78 is 6.22. The highest BCUT2D eigenvalue weighted by Crippen LogP contribution is 2.19. The van der Waals surface area contributed by atoms with Gasteiger partial charge >= 0.3 is 0 Å². The zero-order valence-corrected chi connectivity index (χ0v) is 13.0. The van der Waals surface area contributed by atoms with Crippen molar-refractivity contribution in [1.82, 2.24) is 5.32 Å². The first-order valence-electron chi connectivity index (χ1n) is 6.41. The van der Waals surface area contributed by atoms with Gasteiger partial charge in [-0.25, -0.2) is 0 Å². The van der Waals surface area contributed by atoms with Gasteiger partial charge in [-0.2, -0.15) is 0 Å². The Morgan fingerprint density at radius 3 is 2.95 bits per heavy atom. The Labute approximate surface area is 130 Å². The van der Waals surface area contributed by atoms with Crippen molar-refractivity contribution in [2.75, 3.05) is 13.2 Å². The van der Waals surface area contributed by atoms with Crippen molar-refractivity contribution in [2.45, 2.75) is 25.4 Å². The summed E-state index contributed by atoms with van der Waals surface area (Å²) in [5, 5.41) is 13.5. The summed E-state index contributed by atoms with van der Waals surface area (Å²) in [7, 11) is 0. The average molecular weight is 390 g/mol. The second-order valence-corrected chi connectivity index (χ2v) is 5.78. The summed E-state index contributed by atoms with van der Waals surface area (Å²) in [5.41, 5.74) is 0.250. The maximum Gasteiger partial charge on any atom is 0.270 e. The van der Waals surface area contributed by atoms with Gasteiger partial charge in [-0.15, -0.1) is 0 Å². The topological polar surface area (TPSA) is 81.5 Å². The van der Waals surface area contributed by atoms with Gasteiger partial charge < -0.3 is 10.1 Å². The van der Waals surface area contributed by atoms with Crippen molar-refractivity contribution in [3.8, 4) is 0 Å². The normalized spacial score (nSPS) is 18.6.